The van der Waals surface area contributed by atoms with Crippen LogP contribution in [0.2, 0.25) is 0 Å². The van der Waals surface area contributed by atoms with Crippen molar-refractivity contribution >= 4 is 18.0 Å². The van der Waals surface area contributed by atoms with Crippen molar-refractivity contribution in [2.45, 2.75) is 70.6 Å². The van der Waals surface area contributed by atoms with Gasteiger partial charge in [-0.05, 0) is 52.9 Å². The Balaban J connectivity index is 1.95. The first-order valence-electron chi connectivity index (χ1n) is 7.87. The molecule has 0 radical (unpaired) electrons. The van der Waals surface area contributed by atoms with Gasteiger partial charge in [-0.15, -0.1) is 0 Å². The largest absolute Gasteiger partial charge is 0.444 e. The molecule has 2 N–H and O–H groups in total. The van der Waals surface area contributed by atoms with Crippen LogP contribution in [0.3, 0.4) is 0 Å². The Morgan fingerprint density at radius 3 is 2.41 bits per heavy atom. The molecule has 0 aromatic carbocycles. The Morgan fingerprint density at radius 1 is 1.14 bits per heavy atom. The topological polar surface area (TPSA) is 87.7 Å². The zero-order valence-electron chi connectivity index (χ0n) is 13.5. The third kappa shape index (κ3) is 4.89. The molecule has 2 rings (SSSR count). The molecule has 7 nitrogen and oxygen atoms in total. The van der Waals surface area contributed by atoms with Crippen LogP contribution in [0.1, 0.15) is 52.9 Å². The minimum atomic E-state index is -0.706. The third-order valence-electron chi connectivity index (χ3n) is 3.53. The highest BCUT2D eigenvalue weighted by Crippen LogP contribution is 2.20. The van der Waals surface area contributed by atoms with E-state index in [2.05, 4.69) is 10.6 Å². The van der Waals surface area contributed by atoms with Crippen molar-refractivity contribution in [3.05, 3.63) is 0 Å². The summed E-state index contributed by atoms with van der Waals surface area (Å²) in [6.45, 7) is 5.68. The van der Waals surface area contributed by atoms with E-state index in [0.29, 0.717) is 13.0 Å². The number of alkyl carbamates (subject to hydrolysis) is 1. The second-order valence-corrected chi connectivity index (χ2v) is 6.91. The SMILES string of the molecule is CC(C)(C)OC(=O)N[C@H]1CCCCN(C(=O)NC2CC2)C1=O. The van der Waals surface area contributed by atoms with E-state index in [0.717, 1.165) is 25.7 Å². The predicted octanol–water partition coefficient (Wildman–Crippen LogP) is 1.76. The van der Waals surface area contributed by atoms with Crippen molar-refractivity contribution in [3.8, 4) is 0 Å². The van der Waals surface area contributed by atoms with Crippen LogP contribution in [0, 0.1) is 0 Å². The first-order chi connectivity index (χ1) is 10.3. The molecule has 0 bridgehead atoms. The number of carbonyl (C=O) groups is 3. The molecule has 22 heavy (non-hydrogen) atoms. The molecule has 124 valence electrons. The van der Waals surface area contributed by atoms with Crippen molar-refractivity contribution in [3.63, 3.8) is 0 Å². The van der Waals surface area contributed by atoms with E-state index < -0.39 is 17.7 Å². The van der Waals surface area contributed by atoms with Gasteiger partial charge in [-0.3, -0.25) is 9.69 Å². The van der Waals surface area contributed by atoms with Crippen molar-refractivity contribution in [1.29, 1.82) is 0 Å². The second kappa shape index (κ2) is 6.54. The summed E-state index contributed by atoms with van der Waals surface area (Å²) in [4.78, 5) is 37.7. The van der Waals surface area contributed by atoms with Crippen LogP contribution in [0.4, 0.5) is 9.59 Å². The van der Waals surface area contributed by atoms with Crippen LogP contribution in [-0.2, 0) is 9.53 Å². The van der Waals surface area contributed by atoms with Gasteiger partial charge in [0.05, 0.1) is 0 Å². The lowest BCUT2D eigenvalue weighted by Gasteiger charge is -2.25. The number of nitrogens with one attached hydrogen (secondary N) is 2. The molecule has 1 heterocycles. The zero-order chi connectivity index (χ0) is 16.3. The van der Waals surface area contributed by atoms with Gasteiger partial charge in [-0.1, -0.05) is 0 Å². The van der Waals surface area contributed by atoms with Gasteiger partial charge in [-0.25, -0.2) is 9.59 Å². The van der Waals surface area contributed by atoms with Gasteiger partial charge in [0.15, 0.2) is 0 Å². The molecule has 1 saturated carbocycles. The molecule has 0 spiro atoms. The van der Waals surface area contributed by atoms with Crippen molar-refractivity contribution in [2.75, 3.05) is 6.54 Å². The van der Waals surface area contributed by atoms with E-state index in [-0.39, 0.29) is 18.0 Å². The molecule has 1 saturated heterocycles. The van der Waals surface area contributed by atoms with Gasteiger partial charge in [-0.2, -0.15) is 0 Å². The molecular formula is C15H25N3O4. The van der Waals surface area contributed by atoms with Gasteiger partial charge >= 0.3 is 12.1 Å². The van der Waals surface area contributed by atoms with Crippen molar-refractivity contribution < 1.29 is 19.1 Å². The maximum atomic E-state index is 12.5. The standard InChI is InChI=1S/C15H25N3O4/c1-15(2,3)22-14(21)17-11-6-4-5-9-18(12(11)19)13(20)16-10-7-8-10/h10-11H,4-9H2,1-3H3,(H,16,20)(H,17,21)/t11-/m0/s1. The van der Waals surface area contributed by atoms with Crippen molar-refractivity contribution in [1.82, 2.24) is 15.5 Å². The second-order valence-electron chi connectivity index (χ2n) is 6.91. The van der Waals surface area contributed by atoms with Gasteiger partial charge in [0, 0.05) is 12.6 Å². The molecule has 1 aliphatic carbocycles. The van der Waals surface area contributed by atoms with E-state index >= 15 is 0 Å². The number of imide groups is 1. The fraction of sp³-hybridized carbons (Fsp3) is 0.800. The number of nitrogens with zero attached hydrogens (tertiary/aromatic N) is 1. The molecule has 2 fully saturated rings. The number of likely N-dealkylation sites (tertiary alicyclic amines) is 1. The summed E-state index contributed by atoms with van der Waals surface area (Å²) in [6, 6.07) is -0.867. The van der Waals surface area contributed by atoms with Crippen LogP contribution in [0.5, 0.6) is 0 Å². The number of ether oxygens (including phenoxy) is 1. The average Bonchev–Trinajstić information content (AvgIpc) is 3.18. The smallest absolute Gasteiger partial charge is 0.408 e. The molecular weight excluding hydrogens is 286 g/mol. The number of carbonyl (C=O) groups excluding carboxylic acids is 3. The fourth-order valence-electron chi connectivity index (χ4n) is 2.31. The lowest BCUT2D eigenvalue weighted by molar-refractivity contribution is -0.130. The van der Waals surface area contributed by atoms with E-state index in [1.165, 1.54) is 4.90 Å². The maximum Gasteiger partial charge on any atom is 0.408 e. The lowest BCUT2D eigenvalue weighted by atomic mass is 10.1. The number of amides is 4. The normalized spacial score (nSPS) is 22.8. The quantitative estimate of drug-likeness (QED) is 0.813. The highest BCUT2D eigenvalue weighted by atomic mass is 16.6. The monoisotopic (exact) mass is 311 g/mol. The van der Waals surface area contributed by atoms with E-state index in [1.807, 2.05) is 0 Å². The summed E-state index contributed by atoms with van der Waals surface area (Å²) < 4.78 is 5.18. The first kappa shape index (κ1) is 16.6. The molecule has 4 amide bonds. The maximum absolute atomic E-state index is 12.5. The summed E-state index contributed by atoms with van der Waals surface area (Å²) in [5.41, 5.74) is -0.624. The Bertz CT molecular complexity index is 454. The highest BCUT2D eigenvalue weighted by Gasteiger charge is 2.35. The lowest BCUT2D eigenvalue weighted by Crippen LogP contribution is -2.53. The van der Waals surface area contributed by atoms with Gasteiger partial charge in [0.2, 0.25) is 0 Å². The summed E-state index contributed by atoms with van der Waals surface area (Å²) in [7, 11) is 0. The number of hydrogen-bond donors (Lipinski definition) is 2. The van der Waals surface area contributed by atoms with Gasteiger partial charge in [0.25, 0.3) is 5.91 Å². The molecule has 7 heteroatoms. The fourth-order valence-corrected chi connectivity index (χ4v) is 2.31. The van der Waals surface area contributed by atoms with Crippen LogP contribution in [0.25, 0.3) is 0 Å². The van der Waals surface area contributed by atoms with E-state index in [4.69, 9.17) is 4.74 Å². The Morgan fingerprint density at radius 2 is 1.82 bits per heavy atom. The molecule has 0 aromatic rings. The third-order valence-corrected chi connectivity index (χ3v) is 3.53. The van der Waals surface area contributed by atoms with Crippen LogP contribution in [-0.4, -0.2) is 47.2 Å². The van der Waals surface area contributed by atoms with E-state index in [9.17, 15) is 14.4 Å². The van der Waals surface area contributed by atoms with Crippen LogP contribution in [0.15, 0.2) is 0 Å². The highest BCUT2D eigenvalue weighted by molar-refractivity contribution is 5.98. The number of hydrogen-bond acceptors (Lipinski definition) is 4. The minimum Gasteiger partial charge on any atom is -0.444 e. The van der Waals surface area contributed by atoms with Crippen LogP contribution >= 0.6 is 0 Å². The minimum absolute atomic E-state index is 0.195. The summed E-state index contributed by atoms with van der Waals surface area (Å²) in [6.07, 6.45) is 3.34. The van der Waals surface area contributed by atoms with Gasteiger partial charge < -0.3 is 15.4 Å². The number of rotatable bonds is 2. The predicted molar refractivity (Wildman–Crippen MR) is 80.3 cm³/mol. The molecule has 0 aromatic heterocycles. The molecule has 0 unspecified atom stereocenters. The zero-order valence-corrected chi connectivity index (χ0v) is 13.5. The average molecular weight is 311 g/mol. The summed E-state index contributed by atoms with van der Waals surface area (Å²) in [5.74, 6) is -0.360. The molecule has 1 aliphatic heterocycles. The summed E-state index contributed by atoms with van der Waals surface area (Å²) in [5, 5.41) is 5.40. The molecule has 2 aliphatic rings. The summed E-state index contributed by atoms with van der Waals surface area (Å²) >= 11 is 0. The van der Waals surface area contributed by atoms with E-state index in [1.54, 1.807) is 20.8 Å². The van der Waals surface area contributed by atoms with Crippen LogP contribution < -0.4 is 10.6 Å². The Labute approximate surface area is 130 Å². The first-order valence-corrected chi connectivity index (χ1v) is 7.87. The Kier molecular flexibility index (Phi) is 4.93. The van der Waals surface area contributed by atoms with Gasteiger partial charge in [0.1, 0.15) is 11.6 Å². The Hall–Kier alpha value is -1.79. The molecule has 1 atom stereocenters. The van der Waals surface area contributed by atoms with Crippen molar-refractivity contribution in [2.24, 2.45) is 0 Å². The number of urea groups is 1.